The molecule has 2 heterocycles. The van der Waals surface area contributed by atoms with Crippen LogP contribution < -0.4 is 10.6 Å². The molecule has 1 aliphatic rings. The number of thioether (sulfide) groups is 1. The molecule has 1 saturated heterocycles. The third-order valence-electron chi connectivity index (χ3n) is 9.13. The number of carbonyl (C=O) groups excluding carboxylic acids is 2. The maximum atomic E-state index is 12.5. The second-order valence-electron chi connectivity index (χ2n) is 13.0. The van der Waals surface area contributed by atoms with Crippen molar-refractivity contribution in [1.82, 2.24) is 15.6 Å². The molecule has 10 heteroatoms. The Hall–Kier alpha value is -4.06. The summed E-state index contributed by atoms with van der Waals surface area (Å²) in [5.41, 5.74) is 6.97. The van der Waals surface area contributed by atoms with Crippen molar-refractivity contribution in [2.24, 2.45) is 5.92 Å². The predicted molar refractivity (Wildman–Crippen MR) is 204 cm³/mol. The topological polar surface area (TPSA) is 110 Å². The Bertz CT molecular complexity index is 1880. The normalized spacial score (nSPS) is 18.8. The first-order valence-electron chi connectivity index (χ1n) is 17.6. The molecule has 51 heavy (non-hydrogen) atoms. The minimum atomic E-state index is -0.578. The van der Waals surface area contributed by atoms with Crippen molar-refractivity contribution >= 4 is 45.1 Å². The Morgan fingerprint density at radius 2 is 1.63 bits per heavy atom. The van der Waals surface area contributed by atoms with E-state index in [0.717, 1.165) is 68.3 Å². The highest BCUT2D eigenvalue weighted by Gasteiger charge is 2.38. The van der Waals surface area contributed by atoms with Gasteiger partial charge in [0.1, 0.15) is 0 Å². The van der Waals surface area contributed by atoms with Crippen LogP contribution in [0.3, 0.4) is 0 Å². The molecule has 4 aromatic carbocycles. The van der Waals surface area contributed by atoms with Crippen LogP contribution in [0.25, 0.3) is 21.3 Å². The number of nitrogens with one attached hydrogen (secondary N) is 2. The van der Waals surface area contributed by atoms with Crippen molar-refractivity contribution in [3.05, 3.63) is 119 Å². The van der Waals surface area contributed by atoms with Gasteiger partial charge in [0.2, 0.25) is 11.8 Å². The van der Waals surface area contributed by atoms with Crippen molar-refractivity contribution in [3.63, 3.8) is 0 Å². The first kappa shape index (κ1) is 36.7. The highest BCUT2D eigenvalue weighted by molar-refractivity contribution is 8.01. The fourth-order valence-corrected chi connectivity index (χ4v) is 8.50. The summed E-state index contributed by atoms with van der Waals surface area (Å²) in [6, 6.07) is 32.7. The summed E-state index contributed by atoms with van der Waals surface area (Å²) in [4.78, 5) is 28.3. The standard InChI is InChI=1S/C41H45N3O5S2/c1-27-36(26-50-41-44-35-14-5-6-15-37(35)51-41)48-40(49-39(27)31-19-17-29(25-45)18-20-31)34-13-9-12-33(23-34)32-11-8-10-30(22-32)24-43-38(47)16-4-3-7-21-42-28(2)46/h5-6,8-15,17-20,22-23,27,36,39-40,45H,3-4,7,16,21,24-26H2,1-2H3,(H,42,46)(H,43,47)/t27-,36+,39+,40+/m0/s1. The van der Waals surface area contributed by atoms with E-state index >= 15 is 0 Å². The van der Waals surface area contributed by atoms with E-state index in [1.807, 2.05) is 66.7 Å². The summed E-state index contributed by atoms with van der Waals surface area (Å²) < 4.78 is 15.7. The average molecular weight is 724 g/mol. The number of ether oxygens (including phenoxy) is 2. The SMILES string of the molecule is CC(=O)NCCCCCC(=O)NCc1cccc(-c2cccc([C@@H]3O[C@H](CSc4nc5ccccc5s4)[C@H](C)[C@H](c4ccc(CO)cc4)O3)c2)c1. The molecular formula is C41H45N3O5S2. The largest absolute Gasteiger partial charge is 0.392 e. The number of aromatic nitrogens is 1. The van der Waals surface area contributed by atoms with Crippen LogP contribution in [-0.2, 0) is 32.2 Å². The molecular weight excluding hydrogens is 679 g/mol. The number of hydrogen-bond donors (Lipinski definition) is 3. The van der Waals surface area contributed by atoms with Gasteiger partial charge in [0.05, 0.1) is 29.0 Å². The van der Waals surface area contributed by atoms with Crippen molar-refractivity contribution in [1.29, 1.82) is 0 Å². The van der Waals surface area contributed by atoms with E-state index in [9.17, 15) is 14.7 Å². The van der Waals surface area contributed by atoms with Crippen molar-refractivity contribution in [3.8, 4) is 11.1 Å². The van der Waals surface area contributed by atoms with Crippen LogP contribution in [0, 0.1) is 5.92 Å². The molecule has 8 nitrogen and oxygen atoms in total. The molecule has 0 radical (unpaired) electrons. The van der Waals surface area contributed by atoms with Crippen LogP contribution >= 0.6 is 23.1 Å². The lowest BCUT2D eigenvalue weighted by Crippen LogP contribution is -2.38. The zero-order valence-corrected chi connectivity index (χ0v) is 30.7. The van der Waals surface area contributed by atoms with Crippen LogP contribution in [0.4, 0.5) is 0 Å². The van der Waals surface area contributed by atoms with E-state index in [2.05, 4.69) is 47.9 Å². The third-order valence-corrected chi connectivity index (χ3v) is 11.4. The smallest absolute Gasteiger partial charge is 0.220 e. The van der Waals surface area contributed by atoms with Gasteiger partial charge in [0.25, 0.3) is 0 Å². The van der Waals surface area contributed by atoms with Gasteiger partial charge < -0.3 is 25.2 Å². The van der Waals surface area contributed by atoms with Gasteiger partial charge in [-0.05, 0) is 64.9 Å². The monoisotopic (exact) mass is 723 g/mol. The van der Waals surface area contributed by atoms with Gasteiger partial charge in [-0.3, -0.25) is 9.59 Å². The second kappa shape index (κ2) is 17.9. The van der Waals surface area contributed by atoms with Crippen molar-refractivity contribution in [2.75, 3.05) is 12.3 Å². The number of aliphatic hydroxyl groups excluding tert-OH is 1. The molecule has 0 saturated carbocycles. The van der Waals surface area contributed by atoms with Crippen LogP contribution in [-0.4, -0.2) is 40.3 Å². The van der Waals surface area contributed by atoms with Gasteiger partial charge in [-0.1, -0.05) is 97.9 Å². The number of benzene rings is 4. The summed E-state index contributed by atoms with van der Waals surface area (Å²) in [5, 5.41) is 15.5. The number of rotatable bonds is 15. The van der Waals surface area contributed by atoms with Gasteiger partial charge in [0.15, 0.2) is 10.6 Å². The lowest BCUT2D eigenvalue weighted by molar-refractivity contribution is -0.268. The van der Waals surface area contributed by atoms with Gasteiger partial charge in [-0.15, -0.1) is 11.3 Å². The molecule has 1 aliphatic heterocycles. The van der Waals surface area contributed by atoms with Gasteiger partial charge >= 0.3 is 0 Å². The third kappa shape index (κ3) is 10.1. The molecule has 1 fully saturated rings. The minimum Gasteiger partial charge on any atom is -0.392 e. The van der Waals surface area contributed by atoms with Crippen LogP contribution in [0.2, 0.25) is 0 Å². The van der Waals surface area contributed by atoms with E-state index in [-0.39, 0.29) is 36.5 Å². The summed E-state index contributed by atoms with van der Waals surface area (Å²) in [6.45, 7) is 4.79. The molecule has 4 atom stereocenters. The maximum absolute atomic E-state index is 12.5. The van der Waals surface area contributed by atoms with Crippen LogP contribution in [0.5, 0.6) is 0 Å². The van der Waals surface area contributed by atoms with Crippen molar-refractivity contribution < 1.29 is 24.2 Å². The Morgan fingerprint density at radius 1 is 0.843 bits per heavy atom. The number of fused-ring (bicyclic) bond motifs is 1. The maximum Gasteiger partial charge on any atom is 0.220 e. The number of unbranched alkanes of at least 4 members (excludes halogenated alkanes) is 2. The number of nitrogens with zero attached hydrogens (tertiary/aromatic N) is 1. The quantitative estimate of drug-likeness (QED) is 0.0736. The predicted octanol–water partition coefficient (Wildman–Crippen LogP) is 8.35. The zero-order chi connectivity index (χ0) is 35.6. The first-order valence-corrected chi connectivity index (χ1v) is 19.4. The Balaban J connectivity index is 1.14. The summed E-state index contributed by atoms with van der Waals surface area (Å²) in [5.74, 6) is 0.805. The van der Waals surface area contributed by atoms with E-state index in [1.54, 1.807) is 23.1 Å². The lowest BCUT2D eigenvalue weighted by atomic mass is 9.91. The van der Waals surface area contributed by atoms with Gasteiger partial charge in [-0.2, -0.15) is 0 Å². The summed E-state index contributed by atoms with van der Waals surface area (Å²) in [6.07, 6.45) is 2.14. The number of amides is 2. The number of hydrogen-bond acceptors (Lipinski definition) is 8. The Labute approximate surface area is 308 Å². The second-order valence-corrected chi connectivity index (χ2v) is 15.3. The molecule has 6 rings (SSSR count). The molecule has 0 bridgehead atoms. The highest BCUT2D eigenvalue weighted by Crippen LogP contribution is 2.44. The molecule has 3 N–H and O–H groups in total. The fourth-order valence-electron chi connectivity index (χ4n) is 6.24. The zero-order valence-electron chi connectivity index (χ0n) is 29.0. The number of carbonyl (C=O) groups is 2. The van der Waals surface area contributed by atoms with Crippen molar-refractivity contribution in [2.45, 2.75) is 75.5 Å². The van der Waals surface area contributed by atoms with Crippen LogP contribution in [0.15, 0.2) is 101 Å². The molecule has 1 aromatic heterocycles. The highest BCUT2D eigenvalue weighted by atomic mass is 32.2. The number of aliphatic hydroxyl groups is 1. The molecule has 2 amide bonds. The average Bonchev–Trinajstić information content (AvgIpc) is 3.58. The number of thiazole rings is 1. The fraction of sp³-hybridized carbons (Fsp3) is 0.341. The minimum absolute atomic E-state index is 0.00296. The van der Waals surface area contributed by atoms with E-state index < -0.39 is 6.29 Å². The van der Waals surface area contributed by atoms with Gasteiger partial charge in [-0.25, -0.2) is 4.98 Å². The van der Waals surface area contributed by atoms with Crippen LogP contribution in [0.1, 0.15) is 74.2 Å². The Kier molecular flexibility index (Phi) is 12.9. The van der Waals surface area contributed by atoms with E-state index in [0.29, 0.717) is 19.5 Å². The molecule has 0 spiro atoms. The molecule has 0 aliphatic carbocycles. The molecule has 0 unspecified atom stereocenters. The summed E-state index contributed by atoms with van der Waals surface area (Å²) in [7, 11) is 0. The summed E-state index contributed by atoms with van der Waals surface area (Å²) >= 11 is 3.43. The van der Waals surface area contributed by atoms with Gasteiger partial charge in [0, 0.05) is 43.7 Å². The lowest BCUT2D eigenvalue weighted by Gasteiger charge is -2.41. The molecule has 266 valence electrons. The first-order chi connectivity index (χ1) is 24.9. The van der Waals surface area contributed by atoms with E-state index in [4.69, 9.17) is 14.5 Å². The van der Waals surface area contributed by atoms with E-state index in [1.165, 1.54) is 11.6 Å². The number of para-hydroxylation sites is 1. The Morgan fingerprint density at radius 3 is 2.41 bits per heavy atom. The molecule has 5 aromatic rings.